The Morgan fingerprint density at radius 3 is 3.11 bits per heavy atom. The SMILES string of the molecule is CCNCC(=O)N1CCCC(c2nncn2C)C1. The Hall–Kier alpha value is -1.43. The second-order valence-electron chi connectivity index (χ2n) is 4.76. The van der Waals surface area contributed by atoms with Gasteiger partial charge in [0.05, 0.1) is 6.54 Å². The monoisotopic (exact) mass is 251 g/mol. The fourth-order valence-corrected chi connectivity index (χ4v) is 2.42. The standard InChI is InChI=1S/C12H21N5O/c1-3-13-7-11(18)17-6-4-5-10(8-17)12-15-14-9-16(12)2/h9-10,13H,3-8H2,1-2H3. The number of hydrogen-bond acceptors (Lipinski definition) is 4. The molecule has 1 amide bonds. The summed E-state index contributed by atoms with van der Waals surface area (Å²) in [6.07, 6.45) is 3.83. The van der Waals surface area contributed by atoms with Gasteiger partial charge < -0.3 is 14.8 Å². The lowest BCUT2D eigenvalue weighted by Gasteiger charge is -2.32. The zero-order valence-corrected chi connectivity index (χ0v) is 11.1. The molecule has 0 radical (unpaired) electrons. The lowest BCUT2D eigenvalue weighted by atomic mass is 9.97. The summed E-state index contributed by atoms with van der Waals surface area (Å²) in [5.41, 5.74) is 0. The summed E-state index contributed by atoms with van der Waals surface area (Å²) in [7, 11) is 1.95. The second-order valence-corrected chi connectivity index (χ2v) is 4.76. The van der Waals surface area contributed by atoms with Crippen LogP contribution < -0.4 is 5.32 Å². The summed E-state index contributed by atoms with van der Waals surface area (Å²) in [6, 6.07) is 0. The second kappa shape index (κ2) is 5.95. The van der Waals surface area contributed by atoms with E-state index in [9.17, 15) is 4.79 Å². The van der Waals surface area contributed by atoms with Crippen LogP contribution in [-0.4, -0.2) is 51.8 Å². The van der Waals surface area contributed by atoms with Crippen LogP contribution >= 0.6 is 0 Å². The molecule has 0 aromatic carbocycles. The van der Waals surface area contributed by atoms with Crippen molar-refractivity contribution in [1.29, 1.82) is 0 Å². The summed E-state index contributed by atoms with van der Waals surface area (Å²) in [4.78, 5) is 13.9. The number of nitrogens with one attached hydrogen (secondary N) is 1. The topological polar surface area (TPSA) is 63.1 Å². The van der Waals surface area contributed by atoms with E-state index in [0.29, 0.717) is 12.5 Å². The number of carbonyl (C=O) groups excluding carboxylic acids is 1. The summed E-state index contributed by atoms with van der Waals surface area (Å²) in [6.45, 7) is 4.88. The van der Waals surface area contributed by atoms with Crippen molar-refractivity contribution in [3.05, 3.63) is 12.2 Å². The predicted molar refractivity (Wildman–Crippen MR) is 68.1 cm³/mol. The van der Waals surface area contributed by atoms with E-state index >= 15 is 0 Å². The number of aromatic nitrogens is 3. The summed E-state index contributed by atoms with van der Waals surface area (Å²) < 4.78 is 1.95. The average Bonchev–Trinajstić information content (AvgIpc) is 2.82. The first-order valence-electron chi connectivity index (χ1n) is 6.54. The molecule has 2 heterocycles. The minimum Gasteiger partial charge on any atom is -0.341 e. The Kier molecular flexibility index (Phi) is 4.30. The largest absolute Gasteiger partial charge is 0.341 e. The zero-order chi connectivity index (χ0) is 13.0. The average molecular weight is 251 g/mol. The van der Waals surface area contributed by atoms with Crippen LogP contribution in [0.25, 0.3) is 0 Å². The highest BCUT2D eigenvalue weighted by Crippen LogP contribution is 2.24. The lowest BCUT2D eigenvalue weighted by Crippen LogP contribution is -2.43. The third kappa shape index (κ3) is 2.87. The minimum absolute atomic E-state index is 0.184. The third-order valence-corrected chi connectivity index (χ3v) is 3.41. The normalized spacial score (nSPS) is 20.1. The first-order valence-corrected chi connectivity index (χ1v) is 6.54. The van der Waals surface area contributed by atoms with Gasteiger partial charge in [-0.25, -0.2) is 0 Å². The molecule has 1 aromatic heterocycles. The van der Waals surface area contributed by atoms with Crippen molar-refractivity contribution >= 4 is 5.91 Å². The smallest absolute Gasteiger partial charge is 0.236 e. The summed E-state index contributed by atoms with van der Waals surface area (Å²) in [5, 5.41) is 11.2. The number of likely N-dealkylation sites (tertiary alicyclic amines) is 1. The zero-order valence-electron chi connectivity index (χ0n) is 11.1. The number of aryl methyl sites for hydroxylation is 1. The molecule has 100 valence electrons. The third-order valence-electron chi connectivity index (χ3n) is 3.41. The number of carbonyl (C=O) groups is 1. The van der Waals surface area contributed by atoms with E-state index in [1.54, 1.807) is 6.33 Å². The molecule has 18 heavy (non-hydrogen) atoms. The molecule has 1 aromatic rings. The van der Waals surface area contributed by atoms with Crippen LogP contribution in [0.1, 0.15) is 31.5 Å². The maximum absolute atomic E-state index is 12.0. The number of nitrogens with zero attached hydrogens (tertiary/aromatic N) is 4. The van der Waals surface area contributed by atoms with Crippen molar-refractivity contribution in [2.45, 2.75) is 25.7 Å². The van der Waals surface area contributed by atoms with Gasteiger partial charge in [-0.2, -0.15) is 0 Å². The van der Waals surface area contributed by atoms with Gasteiger partial charge in [-0.1, -0.05) is 6.92 Å². The van der Waals surface area contributed by atoms with E-state index < -0.39 is 0 Å². The van der Waals surface area contributed by atoms with Gasteiger partial charge in [0.2, 0.25) is 5.91 Å². The van der Waals surface area contributed by atoms with Crippen molar-refractivity contribution < 1.29 is 4.79 Å². The van der Waals surface area contributed by atoms with Gasteiger partial charge in [0.15, 0.2) is 0 Å². The Morgan fingerprint density at radius 1 is 1.61 bits per heavy atom. The molecule has 1 fully saturated rings. The van der Waals surface area contributed by atoms with Gasteiger partial charge in [0.25, 0.3) is 0 Å². The van der Waals surface area contributed by atoms with E-state index in [-0.39, 0.29) is 5.91 Å². The van der Waals surface area contributed by atoms with E-state index in [1.807, 2.05) is 23.4 Å². The Balaban J connectivity index is 1.96. The number of piperidine rings is 1. The number of hydrogen-bond donors (Lipinski definition) is 1. The van der Waals surface area contributed by atoms with Crippen LogP contribution in [0.4, 0.5) is 0 Å². The van der Waals surface area contributed by atoms with Crippen LogP contribution in [0.5, 0.6) is 0 Å². The predicted octanol–water partition coefficient (Wildman–Crippen LogP) is 0.131. The first-order chi connectivity index (χ1) is 8.72. The van der Waals surface area contributed by atoms with E-state index in [4.69, 9.17) is 0 Å². The van der Waals surface area contributed by atoms with Crippen molar-refractivity contribution in [3.8, 4) is 0 Å². The molecule has 1 N–H and O–H groups in total. The van der Waals surface area contributed by atoms with Gasteiger partial charge in [-0.15, -0.1) is 10.2 Å². The van der Waals surface area contributed by atoms with Crippen LogP contribution in [0.3, 0.4) is 0 Å². The Bertz CT molecular complexity index is 403. The molecular weight excluding hydrogens is 230 g/mol. The Morgan fingerprint density at radius 2 is 2.44 bits per heavy atom. The maximum Gasteiger partial charge on any atom is 0.236 e. The highest BCUT2D eigenvalue weighted by molar-refractivity contribution is 5.78. The Labute approximate surface area is 107 Å². The van der Waals surface area contributed by atoms with E-state index in [0.717, 1.165) is 38.3 Å². The van der Waals surface area contributed by atoms with Crippen molar-refractivity contribution in [2.24, 2.45) is 7.05 Å². The number of amides is 1. The molecular formula is C12H21N5O. The molecule has 0 spiro atoms. The molecule has 1 aliphatic rings. The molecule has 0 saturated carbocycles. The van der Waals surface area contributed by atoms with Crippen molar-refractivity contribution in [3.63, 3.8) is 0 Å². The highest BCUT2D eigenvalue weighted by Gasteiger charge is 2.26. The molecule has 1 saturated heterocycles. The van der Waals surface area contributed by atoms with Gasteiger partial charge in [-0.05, 0) is 19.4 Å². The van der Waals surface area contributed by atoms with Gasteiger partial charge in [0, 0.05) is 26.1 Å². The summed E-state index contributed by atoms with van der Waals surface area (Å²) >= 11 is 0. The van der Waals surface area contributed by atoms with Crippen LogP contribution in [0, 0.1) is 0 Å². The van der Waals surface area contributed by atoms with Gasteiger partial charge in [0.1, 0.15) is 12.2 Å². The number of rotatable bonds is 4. The van der Waals surface area contributed by atoms with Gasteiger partial charge in [-0.3, -0.25) is 4.79 Å². The molecule has 0 bridgehead atoms. The fraction of sp³-hybridized carbons (Fsp3) is 0.750. The minimum atomic E-state index is 0.184. The van der Waals surface area contributed by atoms with Crippen molar-refractivity contribution in [2.75, 3.05) is 26.2 Å². The number of likely N-dealkylation sites (N-methyl/N-ethyl adjacent to an activating group) is 1. The highest BCUT2D eigenvalue weighted by atomic mass is 16.2. The van der Waals surface area contributed by atoms with E-state index in [2.05, 4.69) is 15.5 Å². The molecule has 6 nitrogen and oxygen atoms in total. The lowest BCUT2D eigenvalue weighted by molar-refractivity contribution is -0.131. The molecule has 1 aliphatic heterocycles. The van der Waals surface area contributed by atoms with Crippen molar-refractivity contribution in [1.82, 2.24) is 25.0 Å². The molecule has 1 atom stereocenters. The van der Waals surface area contributed by atoms with Crippen LogP contribution in [0.2, 0.25) is 0 Å². The van der Waals surface area contributed by atoms with Crippen LogP contribution in [0.15, 0.2) is 6.33 Å². The maximum atomic E-state index is 12.0. The van der Waals surface area contributed by atoms with Gasteiger partial charge >= 0.3 is 0 Å². The molecule has 0 aliphatic carbocycles. The van der Waals surface area contributed by atoms with Crippen LogP contribution in [-0.2, 0) is 11.8 Å². The molecule has 6 heteroatoms. The molecule has 1 unspecified atom stereocenters. The first kappa shape index (κ1) is 13.0. The van der Waals surface area contributed by atoms with E-state index in [1.165, 1.54) is 0 Å². The summed E-state index contributed by atoms with van der Waals surface area (Å²) in [5.74, 6) is 1.48. The molecule has 2 rings (SSSR count). The quantitative estimate of drug-likeness (QED) is 0.826. The fourth-order valence-electron chi connectivity index (χ4n) is 2.42.